The highest BCUT2D eigenvalue weighted by molar-refractivity contribution is 8.00. The van der Waals surface area contributed by atoms with E-state index in [2.05, 4.69) is 4.18 Å². The number of benzene rings is 2. The maximum atomic E-state index is 13.3. The van der Waals surface area contributed by atoms with Gasteiger partial charge in [0.1, 0.15) is 23.8 Å². The number of ether oxygens (including phenoxy) is 2. The number of alkyl halides is 3. The highest BCUT2D eigenvalue weighted by Gasteiger charge is 2.59. The van der Waals surface area contributed by atoms with Gasteiger partial charge in [0.05, 0.1) is 12.9 Å². The average molecular weight is 587 g/mol. The third-order valence-corrected chi connectivity index (χ3v) is 8.00. The van der Waals surface area contributed by atoms with Gasteiger partial charge in [0.2, 0.25) is 5.91 Å². The molecule has 1 saturated heterocycles. The Morgan fingerprint density at radius 2 is 1.74 bits per heavy atom. The number of carbonyl (C=O) groups is 3. The maximum Gasteiger partial charge on any atom is 0.534 e. The number of anilines is 1. The Bertz CT molecular complexity index is 1410. The van der Waals surface area contributed by atoms with Crippen LogP contribution in [0.25, 0.3) is 0 Å². The van der Waals surface area contributed by atoms with Gasteiger partial charge in [-0.05, 0) is 29.8 Å². The molecule has 2 aromatic carbocycles. The summed E-state index contributed by atoms with van der Waals surface area (Å²) in [6.07, 6.45) is 0. The number of amides is 2. The number of thioether (sulfide) groups is 1. The molecule has 208 valence electrons. The average Bonchev–Trinajstić information content (AvgIpc) is 2.89. The molecule has 0 bridgehead atoms. The molecule has 0 saturated carbocycles. The molecule has 1 fully saturated rings. The first-order valence-corrected chi connectivity index (χ1v) is 13.6. The second kappa shape index (κ2) is 10.8. The van der Waals surface area contributed by atoms with Crippen molar-refractivity contribution in [3.8, 4) is 5.75 Å². The zero-order valence-corrected chi connectivity index (χ0v) is 22.0. The van der Waals surface area contributed by atoms with E-state index < -0.39 is 62.0 Å². The van der Waals surface area contributed by atoms with Crippen LogP contribution < -0.4 is 9.64 Å². The number of halogens is 3. The Kier molecular flexibility index (Phi) is 7.84. The van der Waals surface area contributed by atoms with Gasteiger partial charge in [-0.2, -0.15) is 21.6 Å². The van der Waals surface area contributed by atoms with E-state index in [1.165, 1.54) is 18.9 Å². The van der Waals surface area contributed by atoms with Crippen molar-refractivity contribution in [2.75, 3.05) is 17.8 Å². The van der Waals surface area contributed by atoms with Crippen molar-refractivity contribution < 1.29 is 49.6 Å². The summed E-state index contributed by atoms with van der Waals surface area (Å²) < 4.78 is 77.3. The molecule has 2 aromatic rings. The SMILES string of the molecule is COc1ccc(COC(=O)C2=C(OS(=O)(=O)C(F)(F)F)CS[C@H]3[C@H](N(C(C)=O)c4ccccc4)C(=O)N23)cc1. The fourth-order valence-corrected chi connectivity index (χ4v) is 5.84. The number of para-hydroxylation sites is 1. The van der Waals surface area contributed by atoms with Gasteiger partial charge in [0, 0.05) is 12.6 Å². The van der Waals surface area contributed by atoms with Crippen LogP contribution in [0.5, 0.6) is 5.75 Å². The molecule has 2 amide bonds. The monoisotopic (exact) mass is 586 g/mol. The summed E-state index contributed by atoms with van der Waals surface area (Å²) in [5, 5.41) is -0.925. The molecule has 2 aliphatic rings. The van der Waals surface area contributed by atoms with Crippen molar-refractivity contribution in [1.29, 1.82) is 0 Å². The number of β-lactam (4-membered cyclic amide) rings is 1. The van der Waals surface area contributed by atoms with E-state index in [4.69, 9.17) is 9.47 Å². The predicted octanol–water partition coefficient (Wildman–Crippen LogP) is 3.15. The van der Waals surface area contributed by atoms with Gasteiger partial charge in [-0.3, -0.25) is 19.4 Å². The van der Waals surface area contributed by atoms with Gasteiger partial charge in [-0.1, -0.05) is 30.3 Å². The molecule has 10 nitrogen and oxygen atoms in total. The fourth-order valence-electron chi connectivity index (χ4n) is 3.98. The van der Waals surface area contributed by atoms with Crippen LogP contribution in [0.3, 0.4) is 0 Å². The van der Waals surface area contributed by atoms with Gasteiger partial charge < -0.3 is 13.7 Å². The highest BCUT2D eigenvalue weighted by Crippen LogP contribution is 2.45. The molecule has 0 unspecified atom stereocenters. The molecule has 0 aliphatic carbocycles. The lowest BCUT2D eigenvalue weighted by molar-refractivity contribution is -0.152. The molecule has 0 radical (unpaired) electrons. The lowest BCUT2D eigenvalue weighted by atomic mass is 10.0. The summed E-state index contributed by atoms with van der Waals surface area (Å²) in [7, 11) is -4.70. The van der Waals surface area contributed by atoms with Gasteiger partial charge in [-0.15, -0.1) is 11.8 Å². The summed E-state index contributed by atoms with van der Waals surface area (Å²) in [6.45, 7) is 0.888. The van der Waals surface area contributed by atoms with Crippen molar-refractivity contribution in [1.82, 2.24) is 4.90 Å². The molecule has 15 heteroatoms. The quantitative estimate of drug-likeness (QED) is 0.199. The van der Waals surface area contributed by atoms with Gasteiger partial charge >= 0.3 is 21.6 Å². The van der Waals surface area contributed by atoms with Gasteiger partial charge in [-0.25, -0.2) is 4.79 Å². The topological polar surface area (TPSA) is 120 Å². The molecular weight excluding hydrogens is 565 g/mol. The standard InChI is InChI=1S/C24H21F3N2O8S2/c1-14(30)28(16-6-4-3-5-7-16)20-21(31)29-19(23(32)36-12-15-8-10-17(35-2)11-9-15)18(13-38-22(20)29)37-39(33,34)24(25,26)27/h3-11,20,22H,12-13H2,1-2H3/t20-,22+/m1/s1. The first-order valence-electron chi connectivity index (χ1n) is 11.2. The third-order valence-electron chi connectivity index (χ3n) is 5.77. The van der Waals surface area contributed by atoms with E-state index >= 15 is 0 Å². The zero-order valence-electron chi connectivity index (χ0n) is 20.4. The number of hydrogen-bond donors (Lipinski definition) is 0. The van der Waals surface area contributed by atoms with Crippen LogP contribution >= 0.6 is 11.8 Å². The van der Waals surface area contributed by atoms with Crippen LogP contribution in [-0.2, 0) is 40.0 Å². The Labute approximate surface area is 225 Å². The molecule has 0 spiro atoms. The lowest BCUT2D eigenvalue weighted by Gasteiger charge is -2.52. The maximum absolute atomic E-state index is 13.3. The van der Waals surface area contributed by atoms with E-state index in [9.17, 15) is 36.0 Å². The van der Waals surface area contributed by atoms with E-state index in [0.717, 1.165) is 16.7 Å². The van der Waals surface area contributed by atoms with Crippen molar-refractivity contribution in [3.63, 3.8) is 0 Å². The number of esters is 1. The normalized spacial score (nSPS) is 19.1. The summed E-state index contributed by atoms with van der Waals surface area (Å²) >= 11 is 0.839. The number of carbonyl (C=O) groups excluding carboxylic acids is 3. The largest absolute Gasteiger partial charge is 0.534 e. The molecule has 2 atom stereocenters. The van der Waals surface area contributed by atoms with Crippen molar-refractivity contribution in [2.24, 2.45) is 0 Å². The number of rotatable bonds is 8. The second-order valence-electron chi connectivity index (χ2n) is 8.26. The molecule has 2 heterocycles. The molecule has 2 aliphatic heterocycles. The van der Waals surface area contributed by atoms with Crippen LogP contribution in [-0.4, -0.2) is 60.9 Å². The summed E-state index contributed by atoms with van der Waals surface area (Å²) in [5.74, 6) is -3.49. The number of nitrogens with zero attached hydrogens (tertiary/aromatic N) is 2. The Morgan fingerprint density at radius 3 is 2.31 bits per heavy atom. The van der Waals surface area contributed by atoms with Crippen LogP contribution in [0.1, 0.15) is 12.5 Å². The van der Waals surface area contributed by atoms with Crippen LogP contribution in [0.2, 0.25) is 0 Å². The number of hydrogen-bond acceptors (Lipinski definition) is 9. The van der Waals surface area contributed by atoms with E-state index in [1.807, 2.05) is 0 Å². The highest BCUT2D eigenvalue weighted by atomic mass is 32.2. The minimum absolute atomic E-state index is 0.349. The third kappa shape index (κ3) is 5.54. The minimum Gasteiger partial charge on any atom is -0.497 e. The number of methoxy groups -OCH3 is 1. The Hall–Kier alpha value is -3.72. The zero-order chi connectivity index (χ0) is 28.5. The van der Waals surface area contributed by atoms with Crippen molar-refractivity contribution in [2.45, 2.75) is 30.5 Å². The van der Waals surface area contributed by atoms with E-state index in [1.54, 1.807) is 54.6 Å². The molecule has 0 aromatic heterocycles. The van der Waals surface area contributed by atoms with Crippen molar-refractivity contribution in [3.05, 3.63) is 71.6 Å². The molecule has 39 heavy (non-hydrogen) atoms. The van der Waals surface area contributed by atoms with E-state index in [-0.39, 0.29) is 6.61 Å². The summed E-state index contributed by atoms with van der Waals surface area (Å²) in [5.41, 5.74) is -5.69. The summed E-state index contributed by atoms with van der Waals surface area (Å²) in [4.78, 5) is 40.9. The second-order valence-corrected chi connectivity index (χ2v) is 10.9. The van der Waals surface area contributed by atoms with E-state index in [0.29, 0.717) is 17.0 Å². The number of fused-ring (bicyclic) bond motifs is 1. The molecule has 4 rings (SSSR count). The van der Waals surface area contributed by atoms with Crippen LogP contribution in [0.4, 0.5) is 18.9 Å². The van der Waals surface area contributed by atoms with Gasteiger partial charge in [0.15, 0.2) is 11.5 Å². The van der Waals surface area contributed by atoms with Crippen LogP contribution in [0, 0.1) is 0 Å². The minimum atomic E-state index is -6.15. The Morgan fingerprint density at radius 1 is 1.10 bits per heavy atom. The lowest BCUT2D eigenvalue weighted by Crippen LogP contribution is -2.71. The fraction of sp³-hybridized carbons (Fsp3) is 0.292. The first-order chi connectivity index (χ1) is 18.4. The molecular formula is C24H21F3N2O8S2. The Balaban J connectivity index is 1.66. The molecule has 0 N–H and O–H groups in total. The summed E-state index contributed by atoms with van der Waals surface area (Å²) in [6, 6.07) is 13.4. The van der Waals surface area contributed by atoms with Crippen molar-refractivity contribution >= 4 is 45.4 Å². The van der Waals surface area contributed by atoms with Crippen LogP contribution in [0.15, 0.2) is 66.1 Å². The smallest absolute Gasteiger partial charge is 0.497 e. The predicted molar refractivity (Wildman–Crippen MR) is 132 cm³/mol. The first kappa shape index (κ1) is 28.3. The van der Waals surface area contributed by atoms with Gasteiger partial charge in [0.25, 0.3) is 5.91 Å².